The van der Waals surface area contributed by atoms with Gasteiger partial charge in [-0.25, -0.2) is 9.31 Å². The summed E-state index contributed by atoms with van der Waals surface area (Å²) in [6.07, 6.45) is 16.1. The molecule has 0 radical (unpaired) electrons. The molecule has 0 aromatic carbocycles. The van der Waals surface area contributed by atoms with Crippen molar-refractivity contribution in [1.82, 2.24) is 19.8 Å². The van der Waals surface area contributed by atoms with Crippen molar-refractivity contribution in [3.63, 3.8) is 0 Å². The molecular formula is C26H37N5O2. The van der Waals surface area contributed by atoms with E-state index in [0.29, 0.717) is 24.9 Å². The Morgan fingerprint density at radius 2 is 1.88 bits per heavy atom. The molecule has 2 aliphatic heterocycles. The summed E-state index contributed by atoms with van der Waals surface area (Å²) >= 11 is 0. The van der Waals surface area contributed by atoms with Crippen molar-refractivity contribution in [3.05, 3.63) is 30.1 Å². The summed E-state index contributed by atoms with van der Waals surface area (Å²) in [5, 5.41) is 6.83. The molecule has 1 aliphatic carbocycles. The maximum absolute atomic E-state index is 12.3. The Kier molecular flexibility index (Phi) is 6.67. The van der Waals surface area contributed by atoms with E-state index in [1.54, 1.807) is 11.1 Å². The second kappa shape index (κ2) is 9.84. The number of aromatic nitrogens is 2. The van der Waals surface area contributed by atoms with Crippen molar-refractivity contribution in [1.29, 1.82) is 0 Å². The molecule has 1 saturated carbocycles. The Bertz CT molecular complexity index is 994. The molecule has 178 valence electrons. The maximum Gasteiger partial charge on any atom is 0.328 e. The van der Waals surface area contributed by atoms with Crippen LogP contribution in [0.15, 0.2) is 24.5 Å². The molecule has 2 aromatic rings. The van der Waals surface area contributed by atoms with Crippen LogP contribution in [-0.4, -0.2) is 52.1 Å². The summed E-state index contributed by atoms with van der Waals surface area (Å²) in [6.45, 7) is 5.31. The summed E-state index contributed by atoms with van der Waals surface area (Å²) in [5.41, 5.74) is 3.00. The number of anilines is 1. The molecule has 0 unspecified atom stereocenters. The zero-order valence-corrected chi connectivity index (χ0v) is 19.8. The first-order valence-electron chi connectivity index (χ1n) is 12.9. The molecule has 2 atom stereocenters. The summed E-state index contributed by atoms with van der Waals surface area (Å²) in [6, 6.07) is 4.62. The number of rotatable bonds is 5. The summed E-state index contributed by atoms with van der Waals surface area (Å²) in [4.78, 5) is 28.2. The Hall–Kier alpha value is -2.41. The van der Waals surface area contributed by atoms with Gasteiger partial charge in [0.15, 0.2) is 0 Å². The fourth-order valence-corrected chi connectivity index (χ4v) is 6.13. The van der Waals surface area contributed by atoms with E-state index in [1.807, 2.05) is 10.7 Å². The Morgan fingerprint density at radius 3 is 2.64 bits per heavy atom. The van der Waals surface area contributed by atoms with Crippen molar-refractivity contribution >= 4 is 23.1 Å². The monoisotopic (exact) mass is 451 g/mol. The molecule has 7 heteroatoms. The fraction of sp³-hybridized carbons (Fsp3) is 0.654. The highest BCUT2D eigenvalue weighted by atomic mass is 16.2. The first-order valence-corrected chi connectivity index (χ1v) is 12.9. The van der Waals surface area contributed by atoms with Gasteiger partial charge in [-0.05, 0) is 75.1 Å². The number of fused-ring (bicyclic) bond motifs is 1. The lowest BCUT2D eigenvalue weighted by Gasteiger charge is -2.39. The first kappa shape index (κ1) is 22.4. The zero-order chi connectivity index (χ0) is 22.8. The van der Waals surface area contributed by atoms with Crippen LogP contribution in [0.1, 0.15) is 70.3 Å². The number of imide groups is 1. The zero-order valence-electron chi connectivity index (χ0n) is 19.8. The average Bonchev–Trinajstić information content (AvgIpc) is 3.02. The minimum Gasteiger partial charge on any atom is -0.300 e. The summed E-state index contributed by atoms with van der Waals surface area (Å²) in [5.74, 6) is 1.37. The molecular weight excluding hydrogens is 414 g/mol. The number of hydrogen-bond acceptors (Lipinski definition) is 4. The number of nitrogens with zero attached hydrogens (tertiary/aromatic N) is 4. The van der Waals surface area contributed by atoms with Gasteiger partial charge in [0, 0.05) is 31.7 Å². The minimum absolute atomic E-state index is 0.215. The van der Waals surface area contributed by atoms with E-state index >= 15 is 0 Å². The molecule has 3 fully saturated rings. The quantitative estimate of drug-likeness (QED) is 0.685. The fourth-order valence-electron chi connectivity index (χ4n) is 6.13. The van der Waals surface area contributed by atoms with Crippen LogP contribution in [0.25, 0.3) is 5.52 Å². The minimum atomic E-state index is -0.360. The van der Waals surface area contributed by atoms with Crippen LogP contribution in [0.2, 0.25) is 0 Å². The van der Waals surface area contributed by atoms with Crippen LogP contribution in [0.5, 0.6) is 0 Å². The molecule has 33 heavy (non-hydrogen) atoms. The van der Waals surface area contributed by atoms with Crippen LogP contribution in [0.4, 0.5) is 10.5 Å². The highest BCUT2D eigenvalue weighted by Crippen LogP contribution is 2.31. The average molecular weight is 452 g/mol. The van der Waals surface area contributed by atoms with Gasteiger partial charge in [0.05, 0.1) is 17.4 Å². The van der Waals surface area contributed by atoms with Crippen molar-refractivity contribution in [3.8, 4) is 0 Å². The van der Waals surface area contributed by atoms with Gasteiger partial charge in [-0.1, -0.05) is 25.7 Å². The van der Waals surface area contributed by atoms with E-state index < -0.39 is 0 Å². The van der Waals surface area contributed by atoms with Crippen molar-refractivity contribution < 1.29 is 9.59 Å². The second-order valence-corrected chi connectivity index (χ2v) is 10.4. The molecule has 5 rings (SSSR count). The van der Waals surface area contributed by atoms with Gasteiger partial charge in [0.25, 0.3) is 0 Å². The predicted molar refractivity (Wildman–Crippen MR) is 129 cm³/mol. The van der Waals surface area contributed by atoms with E-state index in [9.17, 15) is 9.59 Å². The van der Waals surface area contributed by atoms with Gasteiger partial charge < -0.3 is 4.90 Å². The highest BCUT2D eigenvalue weighted by molar-refractivity contribution is 6.07. The SMILES string of the molecule is C[C@H]1C[C@H](Cc2ccn3ncc(N4CCC(=O)NC4=O)c3c2)CCN1CC1CCCCCC1. The number of hydrogen-bond donors (Lipinski definition) is 1. The van der Waals surface area contributed by atoms with E-state index in [-0.39, 0.29) is 11.9 Å². The van der Waals surface area contributed by atoms with Gasteiger partial charge in [0.1, 0.15) is 0 Å². The Labute approximate surface area is 196 Å². The van der Waals surface area contributed by atoms with Crippen molar-refractivity contribution in [2.24, 2.45) is 11.8 Å². The number of likely N-dealkylation sites (tertiary alicyclic amines) is 1. The van der Waals surface area contributed by atoms with E-state index in [0.717, 1.165) is 23.5 Å². The molecule has 0 spiro atoms. The van der Waals surface area contributed by atoms with E-state index in [2.05, 4.69) is 34.4 Å². The smallest absolute Gasteiger partial charge is 0.300 e. The van der Waals surface area contributed by atoms with Gasteiger partial charge in [-0.15, -0.1) is 0 Å². The Morgan fingerprint density at radius 1 is 1.06 bits per heavy atom. The third kappa shape index (κ3) is 5.08. The van der Waals surface area contributed by atoms with Crippen LogP contribution in [0, 0.1) is 11.8 Å². The number of carbonyl (C=O) groups excluding carboxylic acids is 2. The lowest BCUT2D eigenvalue weighted by atomic mass is 9.85. The number of pyridine rings is 1. The highest BCUT2D eigenvalue weighted by Gasteiger charge is 2.29. The molecule has 1 N–H and O–H groups in total. The van der Waals surface area contributed by atoms with Crippen LogP contribution in [0.3, 0.4) is 0 Å². The second-order valence-electron chi connectivity index (χ2n) is 10.4. The van der Waals surface area contributed by atoms with Gasteiger partial charge in [-0.2, -0.15) is 5.10 Å². The molecule has 2 aromatic heterocycles. The molecule has 7 nitrogen and oxygen atoms in total. The van der Waals surface area contributed by atoms with Gasteiger partial charge in [0.2, 0.25) is 5.91 Å². The van der Waals surface area contributed by atoms with E-state index in [1.165, 1.54) is 70.0 Å². The number of amides is 3. The topological polar surface area (TPSA) is 70.0 Å². The number of nitrogens with one attached hydrogen (secondary N) is 1. The van der Waals surface area contributed by atoms with Crippen LogP contribution >= 0.6 is 0 Å². The van der Waals surface area contributed by atoms with Crippen molar-refractivity contribution in [2.45, 2.75) is 77.2 Å². The van der Waals surface area contributed by atoms with Crippen molar-refractivity contribution in [2.75, 3.05) is 24.5 Å². The molecule has 3 amide bonds. The standard InChI is InChI=1S/C26H37N5O2/c1-19-14-21(8-11-29(19)18-20-6-4-2-3-5-7-20)15-22-9-13-31-23(16-22)24(17-27-31)30-12-10-25(32)28-26(30)33/h9,13,16-17,19-21H,2-8,10-12,14-15,18H2,1H3,(H,28,32,33)/t19-,21+/m0/s1. The summed E-state index contributed by atoms with van der Waals surface area (Å²) < 4.78 is 1.82. The number of urea groups is 1. The third-order valence-electron chi connectivity index (χ3n) is 8.02. The van der Waals surface area contributed by atoms with Crippen LogP contribution < -0.4 is 10.2 Å². The van der Waals surface area contributed by atoms with Gasteiger partial charge >= 0.3 is 6.03 Å². The maximum atomic E-state index is 12.3. The first-order chi connectivity index (χ1) is 16.1. The number of carbonyl (C=O) groups is 2. The van der Waals surface area contributed by atoms with Gasteiger partial charge in [-0.3, -0.25) is 15.0 Å². The molecule has 2 saturated heterocycles. The predicted octanol–water partition coefficient (Wildman–Crippen LogP) is 4.39. The molecule has 4 heterocycles. The van der Waals surface area contributed by atoms with E-state index in [4.69, 9.17) is 0 Å². The van der Waals surface area contributed by atoms with Crippen LogP contribution in [-0.2, 0) is 11.2 Å². The molecule has 0 bridgehead atoms. The third-order valence-corrected chi connectivity index (χ3v) is 8.02. The lowest BCUT2D eigenvalue weighted by molar-refractivity contribution is -0.120. The summed E-state index contributed by atoms with van der Waals surface area (Å²) in [7, 11) is 0. The Balaban J connectivity index is 1.22. The lowest BCUT2D eigenvalue weighted by Crippen LogP contribution is -2.49. The largest absolute Gasteiger partial charge is 0.328 e. The normalized spacial score (nSPS) is 25.9. The molecule has 3 aliphatic rings. The number of piperidine rings is 1.